The van der Waals surface area contributed by atoms with Gasteiger partial charge in [-0.25, -0.2) is 9.59 Å². The minimum atomic E-state index is -1.26. The summed E-state index contributed by atoms with van der Waals surface area (Å²) >= 11 is 12.9. The van der Waals surface area contributed by atoms with Crippen molar-refractivity contribution in [2.75, 3.05) is 54.1 Å². The predicted molar refractivity (Wildman–Crippen MR) is 218 cm³/mol. The molecule has 1 unspecified atom stereocenters. The Labute approximate surface area is 337 Å². The number of piperidine rings is 1. The Hall–Kier alpha value is -5.29. The SMILES string of the molecule is COc1cc(C(=O)N2CCC(CCN3CCC(=C(c4ccccc4)c4ccccc4)CC3)(c3ccc(Cl)c(Cl)c3)C2)cc(OC)c1OC.O=C(O)/C=C\C(=O)O. The van der Waals surface area contributed by atoms with E-state index in [0.29, 0.717) is 58.1 Å². The van der Waals surface area contributed by atoms with Crippen molar-refractivity contribution in [1.29, 1.82) is 0 Å². The van der Waals surface area contributed by atoms with Crippen molar-refractivity contribution in [3.05, 3.63) is 141 Å². The van der Waals surface area contributed by atoms with Crippen molar-refractivity contribution in [2.24, 2.45) is 0 Å². The van der Waals surface area contributed by atoms with Gasteiger partial charge in [-0.05, 0) is 78.8 Å². The van der Waals surface area contributed by atoms with Gasteiger partial charge in [0.1, 0.15) is 0 Å². The highest BCUT2D eigenvalue weighted by atomic mass is 35.5. The van der Waals surface area contributed by atoms with E-state index in [1.807, 2.05) is 17.0 Å². The Morgan fingerprint density at radius 2 is 1.27 bits per heavy atom. The van der Waals surface area contributed by atoms with E-state index in [4.69, 9.17) is 47.6 Å². The molecule has 0 radical (unpaired) electrons. The number of amides is 1. The molecule has 1 amide bonds. The lowest BCUT2D eigenvalue weighted by atomic mass is 9.76. The van der Waals surface area contributed by atoms with Crippen LogP contribution >= 0.6 is 23.2 Å². The van der Waals surface area contributed by atoms with Crippen molar-refractivity contribution in [2.45, 2.75) is 31.1 Å². The highest BCUT2D eigenvalue weighted by molar-refractivity contribution is 6.42. The van der Waals surface area contributed by atoms with Gasteiger partial charge in [0.15, 0.2) is 11.5 Å². The quantitative estimate of drug-likeness (QED) is 0.136. The van der Waals surface area contributed by atoms with Crippen LogP contribution in [0.25, 0.3) is 5.57 Å². The molecule has 294 valence electrons. The van der Waals surface area contributed by atoms with Crippen molar-refractivity contribution in [1.82, 2.24) is 9.80 Å². The maximum Gasteiger partial charge on any atom is 0.328 e. The summed E-state index contributed by atoms with van der Waals surface area (Å²) in [6, 6.07) is 30.9. The predicted octanol–water partition coefficient (Wildman–Crippen LogP) is 8.50. The maximum absolute atomic E-state index is 14.0. The summed E-state index contributed by atoms with van der Waals surface area (Å²) in [5, 5.41) is 16.7. The van der Waals surface area contributed by atoms with Crippen molar-refractivity contribution >= 4 is 46.6 Å². The van der Waals surface area contributed by atoms with Gasteiger partial charge in [-0.15, -0.1) is 0 Å². The van der Waals surface area contributed by atoms with Gasteiger partial charge in [-0.3, -0.25) is 4.79 Å². The van der Waals surface area contributed by atoms with Gasteiger partial charge >= 0.3 is 11.9 Å². The molecule has 0 saturated carbocycles. The second-order valence-electron chi connectivity index (χ2n) is 13.6. The van der Waals surface area contributed by atoms with Gasteiger partial charge in [0.25, 0.3) is 5.91 Å². The molecular formula is C44H46Cl2N2O8. The van der Waals surface area contributed by atoms with E-state index in [9.17, 15) is 14.4 Å². The molecule has 0 aromatic heterocycles. The average molecular weight is 802 g/mol. The summed E-state index contributed by atoms with van der Waals surface area (Å²) in [5.74, 6) is -1.21. The summed E-state index contributed by atoms with van der Waals surface area (Å²) in [5.41, 5.74) is 6.76. The standard InChI is InChI=1S/C40H42Cl2N2O4.C4H4O4/c1-46-35-24-31(25-36(47-2)38(35)48-3)39(45)44-23-19-40(27-44,32-14-15-33(41)34(42)26-32)18-22-43-20-16-30(17-21-43)37(28-10-6-4-7-11-28)29-12-8-5-9-13-29;5-3(6)1-2-4(7)8/h4-15,24-26H,16-23,27H2,1-3H3;1-2H,(H,5,6)(H,7,8)/b;2-1-. The van der Waals surface area contributed by atoms with E-state index in [-0.39, 0.29) is 11.3 Å². The summed E-state index contributed by atoms with van der Waals surface area (Å²) in [4.78, 5) is 37.6. The lowest BCUT2D eigenvalue weighted by molar-refractivity contribution is -0.134. The zero-order valence-corrected chi connectivity index (χ0v) is 33.2. The number of hydrogen-bond acceptors (Lipinski definition) is 7. The number of benzene rings is 4. The first-order chi connectivity index (χ1) is 27.0. The molecule has 0 bridgehead atoms. The molecule has 6 rings (SSSR count). The number of carbonyl (C=O) groups excluding carboxylic acids is 1. The summed E-state index contributed by atoms with van der Waals surface area (Å²) < 4.78 is 16.5. The number of ether oxygens (including phenoxy) is 3. The summed E-state index contributed by atoms with van der Waals surface area (Å²) in [7, 11) is 4.67. The van der Waals surface area contributed by atoms with Crippen LogP contribution in [0.2, 0.25) is 10.0 Å². The van der Waals surface area contributed by atoms with E-state index >= 15 is 0 Å². The number of aliphatic carboxylic acids is 2. The van der Waals surface area contributed by atoms with Gasteiger partial charge in [-0.1, -0.05) is 95.5 Å². The Bertz CT molecular complexity index is 1980. The van der Waals surface area contributed by atoms with Crippen LogP contribution < -0.4 is 14.2 Å². The first-order valence-corrected chi connectivity index (χ1v) is 19.0. The topological polar surface area (TPSA) is 126 Å². The third-order valence-electron chi connectivity index (χ3n) is 10.3. The zero-order chi connectivity index (χ0) is 40.2. The van der Waals surface area contributed by atoms with Crippen molar-refractivity contribution in [3.8, 4) is 17.2 Å². The van der Waals surface area contributed by atoms with E-state index in [0.717, 1.165) is 50.9 Å². The van der Waals surface area contributed by atoms with Gasteiger partial charge in [-0.2, -0.15) is 0 Å². The Balaban J connectivity index is 0.000000677. The molecule has 1 atom stereocenters. The average Bonchev–Trinajstić information content (AvgIpc) is 3.66. The smallest absolute Gasteiger partial charge is 0.328 e. The fourth-order valence-corrected chi connectivity index (χ4v) is 7.74. The van der Waals surface area contributed by atoms with Crippen LogP contribution in [-0.4, -0.2) is 91.9 Å². The molecule has 56 heavy (non-hydrogen) atoms. The highest BCUT2D eigenvalue weighted by Crippen LogP contribution is 2.43. The summed E-state index contributed by atoms with van der Waals surface area (Å²) in [6.45, 7) is 4.10. The minimum absolute atomic E-state index is 0.0710. The van der Waals surface area contributed by atoms with Crippen LogP contribution in [0.5, 0.6) is 17.2 Å². The van der Waals surface area contributed by atoms with E-state index in [1.165, 1.54) is 22.3 Å². The van der Waals surface area contributed by atoms with Crippen LogP contribution in [-0.2, 0) is 15.0 Å². The molecule has 2 saturated heterocycles. The third kappa shape index (κ3) is 10.3. The number of methoxy groups -OCH3 is 3. The molecule has 0 spiro atoms. The number of carbonyl (C=O) groups is 3. The molecule has 2 aliphatic rings. The van der Waals surface area contributed by atoms with Gasteiger partial charge < -0.3 is 34.2 Å². The second kappa shape index (κ2) is 19.5. The zero-order valence-electron chi connectivity index (χ0n) is 31.7. The fraction of sp³-hybridized carbons (Fsp3) is 0.295. The van der Waals surface area contributed by atoms with Crippen molar-refractivity contribution < 1.29 is 38.8 Å². The maximum atomic E-state index is 14.0. The number of likely N-dealkylation sites (tertiary alicyclic amines) is 2. The number of carboxylic acid groups (broad SMARTS) is 2. The lowest BCUT2D eigenvalue weighted by Gasteiger charge is -2.35. The molecule has 0 aliphatic carbocycles. The Morgan fingerprint density at radius 1 is 0.714 bits per heavy atom. The number of carboxylic acids is 2. The van der Waals surface area contributed by atoms with Crippen LogP contribution in [0.15, 0.2) is 109 Å². The molecule has 2 N–H and O–H groups in total. The van der Waals surface area contributed by atoms with E-state index in [1.54, 1.807) is 33.5 Å². The second-order valence-corrected chi connectivity index (χ2v) is 14.4. The number of rotatable bonds is 12. The van der Waals surface area contributed by atoms with Crippen LogP contribution in [0.1, 0.15) is 52.7 Å². The fourth-order valence-electron chi connectivity index (χ4n) is 7.44. The first kappa shape index (κ1) is 41.9. The molecule has 2 fully saturated rings. The van der Waals surface area contributed by atoms with Crippen LogP contribution in [0, 0.1) is 0 Å². The van der Waals surface area contributed by atoms with Crippen LogP contribution in [0.4, 0.5) is 0 Å². The van der Waals surface area contributed by atoms with Gasteiger partial charge in [0.2, 0.25) is 5.75 Å². The van der Waals surface area contributed by atoms with Gasteiger partial charge in [0.05, 0.1) is 31.4 Å². The molecule has 12 heteroatoms. The number of hydrogen-bond donors (Lipinski definition) is 2. The Kier molecular flexibility index (Phi) is 14.6. The normalized spacial score (nSPS) is 16.9. The Morgan fingerprint density at radius 3 is 1.75 bits per heavy atom. The summed E-state index contributed by atoms with van der Waals surface area (Å²) in [6.07, 6.45) is 4.87. The molecule has 10 nitrogen and oxygen atoms in total. The largest absolute Gasteiger partial charge is 0.493 e. The first-order valence-electron chi connectivity index (χ1n) is 18.2. The van der Waals surface area contributed by atoms with E-state index in [2.05, 4.69) is 71.6 Å². The van der Waals surface area contributed by atoms with Crippen LogP contribution in [0.3, 0.4) is 0 Å². The molecular weight excluding hydrogens is 755 g/mol. The van der Waals surface area contributed by atoms with Gasteiger partial charge in [0, 0.05) is 49.3 Å². The molecule has 2 aliphatic heterocycles. The number of halogens is 2. The third-order valence-corrected chi connectivity index (χ3v) is 11.0. The van der Waals surface area contributed by atoms with E-state index < -0.39 is 11.9 Å². The highest BCUT2D eigenvalue weighted by Gasteiger charge is 2.42. The monoisotopic (exact) mass is 800 g/mol. The minimum Gasteiger partial charge on any atom is -0.493 e. The van der Waals surface area contributed by atoms with Crippen molar-refractivity contribution in [3.63, 3.8) is 0 Å². The molecule has 4 aromatic rings. The molecule has 4 aromatic carbocycles. The number of nitrogens with zero attached hydrogens (tertiary/aromatic N) is 2. The molecule has 2 heterocycles. The lowest BCUT2D eigenvalue weighted by Crippen LogP contribution is -2.39.